The fraction of sp³-hybridized carbons (Fsp3) is 0.0476. The number of pyridine rings is 3. The second-order valence-electron chi connectivity index (χ2n) is 6.31. The van der Waals surface area contributed by atoms with Gasteiger partial charge in [-0.25, -0.2) is 4.98 Å². The molecule has 0 unspecified atom stereocenters. The lowest BCUT2D eigenvalue weighted by molar-refractivity contribution is 0.416. The van der Waals surface area contributed by atoms with E-state index in [0.29, 0.717) is 22.5 Å². The summed E-state index contributed by atoms with van der Waals surface area (Å²) < 4.78 is 8.20. The van der Waals surface area contributed by atoms with Gasteiger partial charge in [0.1, 0.15) is 0 Å². The molecule has 0 radical (unpaired) electrons. The average Bonchev–Trinajstić information content (AvgIpc) is 2.73. The highest BCUT2D eigenvalue weighted by molar-refractivity contribution is 5.83. The third-order valence-corrected chi connectivity index (χ3v) is 4.72. The Bertz CT molecular complexity index is 1500. The van der Waals surface area contributed by atoms with Crippen molar-refractivity contribution in [3.63, 3.8) is 0 Å². The molecule has 0 amide bonds. The summed E-state index contributed by atoms with van der Waals surface area (Å²) in [5.74, 6) is 0.451. The molecule has 0 spiro atoms. The van der Waals surface area contributed by atoms with Crippen molar-refractivity contribution in [3.05, 3.63) is 87.7 Å². The van der Waals surface area contributed by atoms with Crippen LogP contribution in [0.2, 0.25) is 0 Å². The standard InChI is InChI=1S/C21H14N4O3/c1-28-17-5-3-11-24-20(17)23-19-15(21(24)27)7-9-18(26)25(19)14-6-8-16-13(12-14)4-2-10-22-16/h2-12H,1H3. The maximum atomic E-state index is 13.0. The lowest BCUT2D eigenvalue weighted by Gasteiger charge is -2.12. The van der Waals surface area contributed by atoms with E-state index in [1.807, 2.05) is 24.3 Å². The van der Waals surface area contributed by atoms with Crippen LogP contribution >= 0.6 is 0 Å². The van der Waals surface area contributed by atoms with Crippen LogP contribution in [0.1, 0.15) is 0 Å². The van der Waals surface area contributed by atoms with Crippen LogP contribution in [0.3, 0.4) is 0 Å². The Hall–Kier alpha value is -4.00. The Balaban J connectivity index is 1.93. The predicted molar refractivity (Wildman–Crippen MR) is 106 cm³/mol. The molecule has 5 aromatic rings. The fourth-order valence-electron chi connectivity index (χ4n) is 3.40. The summed E-state index contributed by atoms with van der Waals surface area (Å²) in [7, 11) is 1.51. The number of benzene rings is 1. The molecule has 4 aromatic heterocycles. The van der Waals surface area contributed by atoms with Crippen molar-refractivity contribution in [2.75, 3.05) is 7.11 Å². The Morgan fingerprint density at radius 1 is 0.964 bits per heavy atom. The molecule has 1 aromatic carbocycles. The predicted octanol–water partition coefficient (Wildman–Crippen LogP) is 2.56. The van der Waals surface area contributed by atoms with Gasteiger partial charge in [-0.15, -0.1) is 0 Å². The zero-order valence-corrected chi connectivity index (χ0v) is 14.9. The number of hydrogen-bond acceptors (Lipinski definition) is 5. The van der Waals surface area contributed by atoms with Crippen molar-refractivity contribution < 1.29 is 4.74 Å². The van der Waals surface area contributed by atoms with Crippen LogP contribution in [-0.4, -0.2) is 26.0 Å². The van der Waals surface area contributed by atoms with E-state index in [4.69, 9.17) is 4.74 Å². The number of ether oxygens (including phenoxy) is 1. The monoisotopic (exact) mass is 370 g/mol. The van der Waals surface area contributed by atoms with Gasteiger partial charge in [-0.2, -0.15) is 0 Å². The number of methoxy groups -OCH3 is 1. The Kier molecular flexibility index (Phi) is 3.48. The van der Waals surface area contributed by atoms with Crippen molar-refractivity contribution in [2.45, 2.75) is 0 Å². The van der Waals surface area contributed by atoms with E-state index in [1.165, 1.54) is 28.2 Å². The van der Waals surface area contributed by atoms with Gasteiger partial charge >= 0.3 is 0 Å². The van der Waals surface area contributed by atoms with Crippen LogP contribution in [-0.2, 0) is 0 Å². The molecule has 0 aliphatic heterocycles. The van der Waals surface area contributed by atoms with Crippen LogP contribution in [0.5, 0.6) is 5.75 Å². The molecule has 0 saturated carbocycles. The van der Waals surface area contributed by atoms with Crippen LogP contribution in [0.25, 0.3) is 33.3 Å². The topological polar surface area (TPSA) is 78.5 Å². The molecule has 0 aliphatic carbocycles. The summed E-state index contributed by atoms with van der Waals surface area (Å²) in [5, 5.41) is 1.23. The molecule has 0 fully saturated rings. The zero-order valence-electron chi connectivity index (χ0n) is 14.9. The molecule has 0 atom stereocenters. The van der Waals surface area contributed by atoms with Gasteiger partial charge in [-0.3, -0.25) is 23.5 Å². The number of nitrogens with zero attached hydrogens (tertiary/aromatic N) is 4. The summed E-state index contributed by atoms with van der Waals surface area (Å²) in [6.45, 7) is 0. The van der Waals surface area contributed by atoms with E-state index < -0.39 is 0 Å². The normalized spacial score (nSPS) is 11.3. The maximum Gasteiger partial charge on any atom is 0.267 e. The lowest BCUT2D eigenvalue weighted by Crippen LogP contribution is -2.23. The van der Waals surface area contributed by atoms with E-state index in [1.54, 1.807) is 30.6 Å². The van der Waals surface area contributed by atoms with E-state index in [9.17, 15) is 9.59 Å². The minimum Gasteiger partial charge on any atom is -0.493 e. The number of fused-ring (bicyclic) bond motifs is 3. The van der Waals surface area contributed by atoms with Gasteiger partial charge in [0.25, 0.3) is 11.1 Å². The molecule has 136 valence electrons. The lowest BCUT2D eigenvalue weighted by atomic mass is 10.2. The second-order valence-corrected chi connectivity index (χ2v) is 6.31. The Morgan fingerprint density at radius 3 is 2.71 bits per heavy atom. The molecular weight excluding hydrogens is 356 g/mol. The fourth-order valence-corrected chi connectivity index (χ4v) is 3.40. The molecule has 5 rings (SSSR count). The first-order valence-corrected chi connectivity index (χ1v) is 8.64. The Labute approximate surface area is 158 Å². The molecule has 7 heteroatoms. The molecule has 4 heterocycles. The van der Waals surface area contributed by atoms with Crippen LogP contribution < -0.4 is 15.9 Å². The van der Waals surface area contributed by atoms with Crippen molar-refractivity contribution in [1.29, 1.82) is 0 Å². The van der Waals surface area contributed by atoms with Gasteiger partial charge in [-0.05, 0) is 42.5 Å². The van der Waals surface area contributed by atoms with Crippen LogP contribution in [0.15, 0.2) is 76.6 Å². The molecule has 0 bridgehead atoms. The first-order valence-electron chi connectivity index (χ1n) is 8.64. The van der Waals surface area contributed by atoms with Crippen LogP contribution in [0.4, 0.5) is 0 Å². The molecule has 0 aliphatic rings. The molecule has 28 heavy (non-hydrogen) atoms. The average molecular weight is 370 g/mol. The minimum absolute atomic E-state index is 0.268. The second kappa shape index (κ2) is 6.02. The van der Waals surface area contributed by atoms with E-state index in [-0.39, 0.29) is 16.8 Å². The zero-order chi connectivity index (χ0) is 19.3. The summed E-state index contributed by atoms with van der Waals surface area (Å²) in [4.78, 5) is 34.7. The highest BCUT2D eigenvalue weighted by Gasteiger charge is 2.14. The van der Waals surface area contributed by atoms with Gasteiger partial charge in [0.05, 0.1) is 23.7 Å². The molecule has 0 N–H and O–H groups in total. The summed E-state index contributed by atoms with van der Waals surface area (Å²) in [6, 6.07) is 15.6. The van der Waals surface area contributed by atoms with Crippen molar-refractivity contribution in [1.82, 2.24) is 18.9 Å². The third-order valence-electron chi connectivity index (χ3n) is 4.72. The van der Waals surface area contributed by atoms with Gasteiger partial charge in [0, 0.05) is 23.8 Å². The van der Waals surface area contributed by atoms with Crippen LogP contribution in [0, 0.1) is 0 Å². The Morgan fingerprint density at radius 2 is 1.86 bits per heavy atom. The van der Waals surface area contributed by atoms with E-state index in [2.05, 4.69) is 9.97 Å². The SMILES string of the molecule is COc1cccn2c(=O)c3ccc(=O)n(-c4ccc5ncccc5c4)c3nc12. The van der Waals surface area contributed by atoms with Gasteiger partial charge in [0.2, 0.25) is 0 Å². The minimum atomic E-state index is -0.276. The van der Waals surface area contributed by atoms with Crippen molar-refractivity contribution >= 4 is 27.6 Å². The quantitative estimate of drug-likeness (QED) is 0.446. The number of hydrogen-bond donors (Lipinski definition) is 0. The van der Waals surface area contributed by atoms with Gasteiger partial charge < -0.3 is 4.74 Å². The number of aromatic nitrogens is 4. The first kappa shape index (κ1) is 16.2. The highest BCUT2D eigenvalue weighted by atomic mass is 16.5. The smallest absolute Gasteiger partial charge is 0.267 e. The van der Waals surface area contributed by atoms with E-state index >= 15 is 0 Å². The first-order chi connectivity index (χ1) is 13.7. The van der Waals surface area contributed by atoms with E-state index in [0.717, 1.165) is 10.9 Å². The summed E-state index contributed by atoms with van der Waals surface area (Å²) in [6.07, 6.45) is 3.34. The highest BCUT2D eigenvalue weighted by Crippen LogP contribution is 2.21. The summed E-state index contributed by atoms with van der Waals surface area (Å²) in [5.41, 5.74) is 1.52. The maximum absolute atomic E-state index is 13.0. The molecular formula is C21H14N4O3. The summed E-state index contributed by atoms with van der Waals surface area (Å²) >= 11 is 0. The molecule has 7 nitrogen and oxygen atoms in total. The largest absolute Gasteiger partial charge is 0.493 e. The van der Waals surface area contributed by atoms with Gasteiger partial charge in [0.15, 0.2) is 17.0 Å². The third kappa shape index (κ3) is 2.30. The van der Waals surface area contributed by atoms with Crippen molar-refractivity contribution in [3.8, 4) is 11.4 Å². The number of rotatable bonds is 2. The van der Waals surface area contributed by atoms with Crippen molar-refractivity contribution in [2.24, 2.45) is 0 Å². The molecule has 0 saturated heterocycles. The van der Waals surface area contributed by atoms with Gasteiger partial charge in [-0.1, -0.05) is 6.07 Å².